The molecule has 1 atom stereocenters. The summed E-state index contributed by atoms with van der Waals surface area (Å²) in [6.07, 6.45) is 59.7. The number of nitrogens with zero attached hydrogens (tertiary/aromatic N) is 4. The van der Waals surface area contributed by atoms with Crippen molar-refractivity contribution in [3.8, 4) is 0 Å². The van der Waals surface area contributed by atoms with Crippen molar-refractivity contribution in [2.75, 3.05) is 85.1 Å². The average Bonchev–Trinajstić information content (AvgIpc) is 3.33. The Bertz CT molecular complexity index is 849. The maximum atomic E-state index is 4.18. The SMILES string of the molecule is CCCCCCCCCCCCN(CCCCCCCCCCCC)CCN1CCN(CCC(CN(CCCCCCCCC)CCCCCCCCC)NCCCCCCCCC)CC1. The Balaban J connectivity index is 2.67. The Morgan fingerprint density at radius 1 is 0.303 bits per heavy atom. The van der Waals surface area contributed by atoms with Crippen LogP contribution in [0.1, 0.15) is 304 Å². The highest BCUT2D eigenvalue weighted by atomic mass is 15.3. The van der Waals surface area contributed by atoms with Crippen molar-refractivity contribution in [1.29, 1.82) is 0 Å². The summed E-state index contributed by atoms with van der Waals surface area (Å²) < 4.78 is 0. The summed E-state index contributed by atoms with van der Waals surface area (Å²) in [5.41, 5.74) is 0. The third-order valence-electron chi connectivity index (χ3n) is 15.5. The molecule has 1 fully saturated rings. The second-order valence-corrected chi connectivity index (χ2v) is 22.0. The lowest BCUT2D eigenvalue weighted by atomic mass is 10.1. The summed E-state index contributed by atoms with van der Waals surface area (Å²) in [6.45, 7) is 28.3. The molecule has 0 spiro atoms. The summed E-state index contributed by atoms with van der Waals surface area (Å²) in [6, 6.07) is 0.627. The Kier molecular flexibility index (Phi) is 50.9. The van der Waals surface area contributed by atoms with Crippen LogP contribution in [0.25, 0.3) is 0 Å². The second-order valence-electron chi connectivity index (χ2n) is 22.0. The Morgan fingerprint density at radius 3 is 0.909 bits per heavy atom. The predicted molar refractivity (Wildman–Crippen MR) is 300 cm³/mol. The topological polar surface area (TPSA) is 25.0 Å². The molecule has 1 heterocycles. The highest BCUT2D eigenvalue weighted by Gasteiger charge is 2.20. The van der Waals surface area contributed by atoms with Gasteiger partial charge in [0.05, 0.1) is 0 Å². The van der Waals surface area contributed by atoms with Crippen molar-refractivity contribution in [3.63, 3.8) is 0 Å². The number of unbranched alkanes of at least 4 members (excludes halogenated alkanes) is 36. The largest absolute Gasteiger partial charge is 0.313 e. The Labute approximate surface area is 418 Å². The third kappa shape index (κ3) is 43.8. The molecule has 0 amide bonds. The van der Waals surface area contributed by atoms with Crippen molar-refractivity contribution in [3.05, 3.63) is 0 Å². The van der Waals surface area contributed by atoms with E-state index in [1.807, 2.05) is 0 Å². The van der Waals surface area contributed by atoms with Gasteiger partial charge in [0.15, 0.2) is 0 Å². The summed E-state index contributed by atoms with van der Waals surface area (Å²) in [4.78, 5) is 11.5. The molecule has 0 aromatic heterocycles. The smallest absolute Gasteiger partial charge is 0.0207 e. The molecule has 1 N–H and O–H groups in total. The number of hydrogen-bond donors (Lipinski definition) is 1. The van der Waals surface area contributed by atoms with E-state index >= 15 is 0 Å². The van der Waals surface area contributed by atoms with Gasteiger partial charge in [0.25, 0.3) is 0 Å². The van der Waals surface area contributed by atoms with Gasteiger partial charge in [-0.05, 0) is 77.8 Å². The zero-order chi connectivity index (χ0) is 47.5. The second kappa shape index (κ2) is 52.6. The van der Waals surface area contributed by atoms with Crippen LogP contribution in [-0.4, -0.2) is 111 Å². The van der Waals surface area contributed by atoms with Crippen LogP contribution in [0.15, 0.2) is 0 Å². The highest BCUT2D eigenvalue weighted by molar-refractivity contribution is 4.79. The van der Waals surface area contributed by atoms with Gasteiger partial charge in [0.1, 0.15) is 0 Å². The van der Waals surface area contributed by atoms with Crippen LogP contribution >= 0.6 is 0 Å². The van der Waals surface area contributed by atoms with E-state index in [1.165, 1.54) is 355 Å². The first-order chi connectivity index (χ1) is 32.7. The molecule has 1 aliphatic heterocycles. The monoisotopic (exact) mass is 930 g/mol. The molecule has 0 aliphatic carbocycles. The van der Waals surface area contributed by atoms with Crippen molar-refractivity contribution >= 4 is 0 Å². The first-order valence-corrected chi connectivity index (χ1v) is 31.3. The van der Waals surface area contributed by atoms with E-state index in [2.05, 4.69) is 59.5 Å². The van der Waals surface area contributed by atoms with Crippen molar-refractivity contribution in [1.82, 2.24) is 24.9 Å². The number of hydrogen-bond acceptors (Lipinski definition) is 5. The molecule has 396 valence electrons. The fourth-order valence-electron chi connectivity index (χ4n) is 10.7. The van der Waals surface area contributed by atoms with Gasteiger partial charge in [-0.3, -0.25) is 4.90 Å². The number of piperazine rings is 1. The van der Waals surface area contributed by atoms with Gasteiger partial charge in [0, 0.05) is 51.9 Å². The van der Waals surface area contributed by atoms with Crippen LogP contribution in [-0.2, 0) is 0 Å². The minimum Gasteiger partial charge on any atom is -0.313 e. The molecule has 0 saturated carbocycles. The fraction of sp³-hybridized carbons (Fsp3) is 1.00. The first-order valence-electron chi connectivity index (χ1n) is 31.3. The molecule has 0 aromatic rings. The predicted octanol–water partition coefficient (Wildman–Crippen LogP) is 17.6. The third-order valence-corrected chi connectivity index (χ3v) is 15.5. The van der Waals surface area contributed by atoms with Crippen molar-refractivity contribution in [2.45, 2.75) is 310 Å². The van der Waals surface area contributed by atoms with E-state index in [4.69, 9.17) is 0 Å². The number of nitrogens with one attached hydrogen (secondary N) is 1. The fourth-order valence-corrected chi connectivity index (χ4v) is 10.7. The summed E-state index contributed by atoms with van der Waals surface area (Å²) >= 11 is 0. The van der Waals surface area contributed by atoms with Gasteiger partial charge in [-0.1, -0.05) is 266 Å². The van der Waals surface area contributed by atoms with E-state index in [0.29, 0.717) is 6.04 Å². The van der Waals surface area contributed by atoms with E-state index in [1.54, 1.807) is 0 Å². The quantitative estimate of drug-likeness (QED) is 0.0613. The zero-order valence-corrected chi connectivity index (χ0v) is 46.8. The van der Waals surface area contributed by atoms with E-state index in [-0.39, 0.29) is 0 Å². The number of rotatable bonds is 55. The zero-order valence-electron chi connectivity index (χ0n) is 46.8. The minimum absolute atomic E-state index is 0.627. The standard InChI is InChI=1S/C61H127N5/c1-6-11-16-21-26-28-30-35-38-43-49-63(50-44-39-36-31-29-27-22-17-12-7-2)54-57-65-58-55-64(56-59-65)53-47-61(62-48-42-37-32-23-18-13-8-3)60-66(51-45-40-33-24-19-14-9-4)52-46-41-34-25-20-15-10-5/h61-62H,6-60H2,1-5H3. The molecule has 1 rings (SSSR count). The first kappa shape index (κ1) is 63.8. The normalized spacial score (nSPS) is 14.4. The van der Waals surface area contributed by atoms with Crippen molar-refractivity contribution in [2.24, 2.45) is 0 Å². The molecule has 0 aromatic carbocycles. The minimum atomic E-state index is 0.627. The van der Waals surface area contributed by atoms with E-state index in [9.17, 15) is 0 Å². The lowest BCUT2D eigenvalue weighted by molar-refractivity contribution is 0.112. The average molecular weight is 931 g/mol. The van der Waals surface area contributed by atoms with Crippen LogP contribution in [0, 0.1) is 0 Å². The highest BCUT2D eigenvalue weighted by Crippen LogP contribution is 2.16. The molecule has 5 nitrogen and oxygen atoms in total. The van der Waals surface area contributed by atoms with Gasteiger partial charge in [-0.2, -0.15) is 0 Å². The summed E-state index contributed by atoms with van der Waals surface area (Å²) in [5.74, 6) is 0. The molecule has 1 unspecified atom stereocenters. The van der Waals surface area contributed by atoms with Gasteiger partial charge in [0.2, 0.25) is 0 Å². The molecule has 0 radical (unpaired) electrons. The maximum absolute atomic E-state index is 4.18. The van der Waals surface area contributed by atoms with Gasteiger partial charge < -0.3 is 20.0 Å². The Morgan fingerprint density at radius 2 is 0.576 bits per heavy atom. The molecule has 66 heavy (non-hydrogen) atoms. The maximum Gasteiger partial charge on any atom is 0.0207 e. The van der Waals surface area contributed by atoms with Crippen LogP contribution in [0.5, 0.6) is 0 Å². The molecule has 1 aliphatic rings. The molecular weight excluding hydrogens is 803 g/mol. The lowest BCUT2D eigenvalue weighted by Gasteiger charge is -2.37. The molecule has 5 heteroatoms. The van der Waals surface area contributed by atoms with Crippen LogP contribution in [0.2, 0.25) is 0 Å². The van der Waals surface area contributed by atoms with Crippen molar-refractivity contribution < 1.29 is 0 Å². The van der Waals surface area contributed by atoms with Gasteiger partial charge >= 0.3 is 0 Å². The molecule has 1 saturated heterocycles. The molecule has 0 bridgehead atoms. The Hall–Kier alpha value is -0.200. The van der Waals surface area contributed by atoms with Gasteiger partial charge in [-0.25, -0.2) is 0 Å². The van der Waals surface area contributed by atoms with E-state index in [0.717, 1.165) is 0 Å². The summed E-state index contributed by atoms with van der Waals surface area (Å²) in [7, 11) is 0. The van der Waals surface area contributed by atoms with Crippen LogP contribution in [0.4, 0.5) is 0 Å². The molecular formula is C61H127N5. The lowest BCUT2D eigenvalue weighted by Crippen LogP contribution is -2.50. The van der Waals surface area contributed by atoms with Crippen LogP contribution < -0.4 is 5.32 Å². The van der Waals surface area contributed by atoms with Crippen LogP contribution in [0.3, 0.4) is 0 Å². The van der Waals surface area contributed by atoms with Gasteiger partial charge in [-0.15, -0.1) is 0 Å². The van der Waals surface area contributed by atoms with E-state index < -0.39 is 0 Å². The summed E-state index contributed by atoms with van der Waals surface area (Å²) in [5, 5.41) is 4.18.